The van der Waals surface area contributed by atoms with Crippen LogP contribution in [-0.2, 0) is 22.6 Å². The highest BCUT2D eigenvalue weighted by atomic mass is 19.4. The number of nitrogens with zero attached hydrogens (tertiary/aromatic N) is 1. The largest absolute Gasteiger partial charge is 0.488 e. The first-order valence-electron chi connectivity index (χ1n) is 8.62. The molecule has 0 bridgehead atoms. The summed E-state index contributed by atoms with van der Waals surface area (Å²) in [5, 5.41) is 0. The van der Waals surface area contributed by atoms with Gasteiger partial charge in [0.2, 0.25) is 5.91 Å². The summed E-state index contributed by atoms with van der Waals surface area (Å²) in [5.74, 6) is -2.40. The molecular formula is C17H20F3N3O3. The molecule has 0 aliphatic carbocycles. The normalized spacial score (nSPS) is 29.5. The number of halogens is 3. The maximum Gasteiger partial charge on any atom is 0.402 e. The molecule has 142 valence electrons. The Morgan fingerprint density at radius 3 is 2.85 bits per heavy atom. The Balaban J connectivity index is 1.55. The molecule has 26 heavy (non-hydrogen) atoms. The molecule has 6 nitrogen and oxygen atoms in total. The summed E-state index contributed by atoms with van der Waals surface area (Å²) < 4.78 is 51.6. The van der Waals surface area contributed by atoms with E-state index < -0.39 is 24.0 Å². The van der Waals surface area contributed by atoms with E-state index in [9.17, 15) is 18.0 Å². The number of carbonyl (C=O) groups excluding carboxylic acids is 1. The number of hydrogen-bond donors (Lipinski definition) is 2. The Bertz CT molecular complexity index is 692. The van der Waals surface area contributed by atoms with E-state index in [2.05, 4.69) is 10.9 Å². The van der Waals surface area contributed by atoms with Crippen molar-refractivity contribution in [2.24, 2.45) is 5.92 Å². The monoisotopic (exact) mass is 371 g/mol. The number of amides is 1. The van der Waals surface area contributed by atoms with Gasteiger partial charge in [0.05, 0.1) is 13.2 Å². The lowest BCUT2D eigenvalue weighted by Crippen LogP contribution is -2.63. The van der Waals surface area contributed by atoms with Crippen molar-refractivity contribution in [1.29, 1.82) is 0 Å². The van der Waals surface area contributed by atoms with Crippen molar-refractivity contribution in [2.75, 3.05) is 19.8 Å². The predicted octanol–water partition coefficient (Wildman–Crippen LogP) is 1.35. The summed E-state index contributed by atoms with van der Waals surface area (Å²) in [5.41, 5.74) is 6.51. The summed E-state index contributed by atoms with van der Waals surface area (Å²) >= 11 is 0. The number of ether oxygens (including phenoxy) is 2. The lowest BCUT2D eigenvalue weighted by atomic mass is 9.95. The van der Waals surface area contributed by atoms with E-state index in [1.165, 1.54) is 0 Å². The fourth-order valence-electron chi connectivity index (χ4n) is 3.87. The zero-order valence-electron chi connectivity index (χ0n) is 14.0. The molecular weight excluding hydrogens is 351 g/mol. The lowest BCUT2D eigenvalue weighted by molar-refractivity contribution is -0.201. The molecule has 3 aliphatic rings. The molecule has 0 saturated carbocycles. The first-order chi connectivity index (χ1) is 12.4. The van der Waals surface area contributed by atoms with Gasteiger partial charge >= 0.3 is 6.18 Å². The second kappa shape index (κ2) is 6.71. The Hall–Kier alpha value is -1.84. The van der Waals surface area contributed by atoms with E-state index in [-0.39, 0.29) is 12.6 Å². The molecule has 1 aromatic carbocycles. The highest BCUT2D eigenvalue weighted by molar-refractivity contribution is 5.80. The van der Waals surface area contributed by atoms with Crippen LogP contribution in [0.25, 0.3) is 0 Å². The zero-order chi connectivity index (χ0) is 18.3. The topological polar surface area (TPSA) is 62.8 Å². The average Bonchev–Trinajstić information content (AvgIpc) is 3.23. The van der Waals surface area contributed by atoms with Gasteiger partial charge < -0.3 is 9.47 Å². The number of hydrazine groups is 1. The number of carbonyl (C=O) groups is 1. The van der Waals surface area contributed by atoms with Gasteiger partial charge in [-0.05, 0) is 11.6 Å². The van der Waals surface area contributed by atoms with Crippen LogP contribution in [0.3, 0.4) is 0 Å². The highest BCUT2D eigenvalue weighted by Crippen LogP contribution is 2.38. The van der Waals surface area contributed by atoms with E-state index in [1.807, 2.05) is 18.2 Å². The molecule has 2 N–H and O–H groups in total. The molecule has 1 aromatic rings. The number of fused-ring (bicyclic) bond motifs is 1. The third-order valence-electron chi connectivity index (χ3n) is 5.16. The van der Waals surface area contributed by atoms with Gasteiger partial charge in [-0.2, -0.15) is 13.2 Å². The van der Waals surface area contributed by atoms with E-state index in [1.54, 1.807) is 4.90 Å². The second-order valence-electron chi connectivity index (χ2n) is 6.86. The quantitative estimate of drug-likeness (QED) is 0.840. The summed E-state index contributed by atoms with van der Waals surface area (Å²) in [4.78, 5) is 13.5. The maximum atomic E-state index is 13.4. The minimum Gasteiger partial charge on any atom is -0.488 e. The van der Waals surface area contributed by atoms with Crippen molar-refractivity contribution >= 4 is 5.91 Å². The molecule has 1 amide bonds. The third-order valence-corrected chi connectivity index (χ3v) is 5.16. The van der Waals surface area contributed by atoms with Crippen LogP contribution in [0.5, 0.6) is 5.75 Å². The average molecular weight is 371 g/mol. The Labute approximate surface area is 148 Å². The van der Waals surface area contributed by atoms with Crippen molar-refractivity contribution in [1.82, 2.24) is 15.8 Å². The van der Waals surface area contributed by atoms with Gasteiger partial charge in [0.15, 0.2) is 5.92 Å². The number of hydrogen-bond acceptors (Lipinski definition) is 5. The van der Waals surface area contributed by atoms with Gasteiger partial charge in [-0.1, -0.05) is 12.1 Å². The standard InChI is InChI=1S/C17H20F3N3O3/c18-17(19,20)15-13(6-21-22-16(15)24)23-7-10-2-1-3-14(12(10)8-23)26-11-4-5-25-9-11/h1-3,11,13,15,21H,4-9H2,(H,22,24). The fourth-order valence-corrected chi connectivity index (χ4v) is 3.87. The molecule has 3 atom stereocenters. The van der Waals surface area contributed by atoms with Crippen LogP contribution in [0.2, 0.25) is 0 Å². The van der Waals surface area contributed by atoms with Gasteiger partial charge in [-0.15, -0.1) is 0 Å². The minimum absolute atomic E-state index is 0.0272. The Morgan fingerprint density at radius 1 is 1.27 bits per heavy atom. The first kappa shape index (κ1) is 17.6. The molecule has 0 spiro atoms. The van der Waals surface area contributed by atoms with Crippen LogP contribution >= 0.6 is 0 Å². The summed E-state index contributed by atoms with van der Waals surface area (Å²) in [6.07, 6.45) is -3.82. The van der Waals surface area contributed by atoms with Gasteiger partial charge in [0.25, 0.3) is 0 Å². The molecule has 3 aliphatic heterocycles. The van der Waals surface area contributed by atoms with Crippen LogP contribution in [0, 0.1) is 5.92 Å². The number of rotatable bonds is 3. The fraction of sp³-hybridized carbons (Fsp3) is 0.588. The van der Waals surface area contributed by atoms with Crippen LogP contribution in [-0.4, -0.2) is 48.9 Å². The predicted molar refractivity (Wildman–Crippen MR) is 85.0 cm³/mol. The van der Waals surface area contributed by atoms with Crippen molar-refractivity contribution < 1.29 is 27.4 Å². The van der Waals surface area contributed by atoms with E-state index in [4.69, 9.17) is 9.47 Å². The molecule has 4 rings (SSSR count). The van der Waals surface area contributed by atoms with Crippen molar-refractivity contribution in [2.45, 2.75) is 37.8 Å². The summed E-state index contributed by atoms with van der Waals surface area (Å²) in [6, 6.07) is 4.62. The zero-order valence-corrected chi connectivity index (χ0v) is 14.0. The van der Waals surface area contributed by atoms with Gasteiger partial charge in [-0.3, -0.25) is 15.1 Å². The molecule has 9 heteroatoms. The first-order valence-corrected chi connectivity index (χ1v) is 8.62. The van der Waals surface area contributed by atoms with E-state index in [0.29, 0.717) is 32.1 Å². The van der Waals surface area contributed by atoms with Gasteiger partial charge in [-0.25, -0.2) is 5.43 Å². The smallest absolute Gasteiger partial charge is 0.402 e. The van der Waals surface area contributed by atoms with Gasteiger partial charge in [0.1, 0.15) is 11.9 Å². The van der Waals surface area contributed by atoms with Crippen LogP contribution in [0.15, 0.2) is 18.2 Å². The number of benzene rings is 1. The van der Waals surface area contributed by atoms with Gasteiger partial charge in [0, 0.05) is 37.7 Å². The molecule has 0 radical (unpaired) electrons. The summed E-state index contributed by atoms with van der Waals surface area (Å²) in [6.45, 7) is 1.90. The molecule has 0 aromatic heterocycles. The van der Waals surface area contributed by atoms with Crippen molar-refractivity contribution in [3.05, 3.63) is 29.3 Å². The van der Waals surface area contributed by atoms with E-state index >= 15 is 0 Å². The molecule has 2 saturated heterocycles. The second-order valence-corrected chi connectivity index (χ2v) is 6.86. The van der Waals surface area contributed by atoms with Crippen LogP contribution in [0.4, 0.5) is 13.2 Å². The third kappa shape index (κ3) is 3.26. The van der Waals surface area contributed by atoms with Crippen LogP contribution < -0.4 is 15.6 Å². The highest BCUT2D eigenvalue weighted by Gasteiger charge is 2.53. The molecule has 3 unspecified atom stereocenters. The minimum atomic E-state index is -4.59. The Morgan fingerprint density at radius 2 is 2.12 bits per heavy atom. The van der Waals surface area contributed by atoms with Crippen LogP contribution in [0.1, 0.15) is 17.5 Å². The molecule has 3 heterocycles. The number of alkyl halides is 3. The van der Waals surface area contributed by atoms with Crippen molar-refractivity contribution in [3.8, 4) is 5.75 Å². The van der Waals surface area contributed by atoms with E-state index in [0.717, 1.165) is 17.5 Å². The van der Waals surface area contributed by atoms with Crippen molar-refractivity contribution in [3.63, 3.8) is 0 Å². The summed E-state index contributed by atoms with van der Waals surface area (Å²) in [7, 11) is 0. The molecule has 2 fully saturated rings. The maximum absolute atomic E-state index is 13.4. The Kier molecular flexibility index (Phi) is 4.54. The SMILES string of the molecule is O=C1NNCC(N2Cc3cccc(OC4CCOC4)c3C2)C1C(F)(F)F. The lowest BCUT2D eigenvalue weighted by Gasteiger charge is -2.38. The number of nitrogens with one attached hydrogen (secondary N) is 2.